The van der Waals surface area contributed by atoms with Gasteiger partial charge in [-0.15, -0.1) is 0 Å². The first-order valence-corrected chi connectivity index (χ1v) is 8.19. The fourth-order valence-electron chi connectivity index (χ4n) is 1.99. The molecule has 0 radical (unpaired) electrons. The highest BCUT2D eigenvalue weighted by atomic mass is 79.9. The second kappa shape index (κ2) is 6.75. The summed E-state index contributed by atoms with van der Waals surface area (Å²) in [6.07, 6.45) is 0. The number of nitrogens with zero attached hydrogens (tertiary/aromatic N) is 2. The number of hydrogen-bond donors (Lipinski definition) is 1. The van der Waals surface area contributed by atoms with Crippen LogP contribution in [0.3, 0.4) is 0 Å². The summed E-state index contributed by atoms with van der Waals surface area (Å²) in [5.74, 6) is 1.82. The molecule has 0 spiro atoms. The van der Waals surface area contributed by atoms with Crippen molar-refractivity contribution < 1.29 is 0 Å². The first kappa shape index (κ1) is 16.2. The van der Waals surface area contributed by atoms with Crippen LogP contribution in [0.5, 0.6) is 0 Å². The molecule has 0 saturated carbocycles. The van der Waals surface area contributed by atoms with Crippen LogP contribution in [0.15, 0.2) is 22.7 Å². The number of benzene rings is 1. The van der Waals surface area contributed by atoms with Crippen molar-refractivity contribution in [1.29, 1.82) is 0 Å². The third-order valence-corrected chi connectivity index (χ3v) is 4.39. The van der Waals surface area contributed by atoms with Crippen LogP contribution in [0.25, 0.3) is 11.4 Å². The molecule has 0 aliphatic carbocycles. The smallest absolute Gasteiger partial charge is 0.161 e. The Hall–Kier alpha value is -1.13. The SMILES string of the molecule is CCNc1nc(-c2ccc(C)c(Cl)c2)nc(C(C)C)c1Br. The molecule has 0 unspecified atom stereocenters. The van der Waals surface area contributed by atoms with E-state index in [4.69, 9.17) is 16.6 Å². The minimum Gasteiger partial charge on any atom is -0.369 e. The third-order valence-electron chi connectivity index (χ3n) is 3.20. The van der Waals surface area contributed by atoms with Gasteiger partial charge in [-0.25, -0.2) is 9.97 Å². The minimum atomic E-state index is 0.305. The van der Waals surface area contributed by atoms with Gasteiger partial charge in [-0.3, -0.25) is 0 Å². The van der Waals surface area contributed by atoms with Crippen LogP contribution >= 0.6 is 27.5 Å². The van der Waals surface area contributed by atoms with Gasteiger partial charge in [0.1, 0.15) is 5.82 Å². The first-order valence-electron chi connectivity index (χ1n) is 7.01. The molecular weight excluding hydrogens is 350 g/mol. The summed E-state index contributed by atoms with van der Waals surface area (Å²) in [5, 5.41) is 4.01. The molecule has 5 heteroatoms. The first-order chi connectivity index (χ1) is 9.93. The molecule has 0 amide bonds. The number of nitrogens with one attached hydrogen (secondary N) is 1. The molecule has 2 aromatic rings. The summed E-state index contributed by atoms with van der Waals surface area (Å²) in [4.78, 5) is 9.32. The predicted octanol–water partition coefficient (Wildman–Crippen LogP) is 5.42. The lowest BCUT2D eigenvalue weighted by Gasteiger charge is -2.14. The fraction of sp³-hybridized carbons (Fsp3) is 0.375. The zero-order valence-electron chi connectivity index (χ0n) is 12.7. The van der Waals surface area contributed by atoms with Crippen LogP contribution < -0.4 is 5.32 Å². The molecular formula is C16H19BrClN3. The molecule has 1 aromatic carbocycles. The van der Waals surface area contributed by atoms with E-state index in [9.17, 15) is 0 Å². The van der Waals surface area contributed by atoms with E-state index in [1.54, 1.807) is 0 Å². The van der Waals surface area contributed by atoms with Crippen LogP contribution in [0.2, 0.25) is 5.02 Å². The maximum Gasteiger partial charge on any atom is 0.161 e. The quantitative estimate of drug-likeness (QED) is 0.782. The van der Waals surface area contributed by atoms with Crippen molar-refractivity contribution >= 4 is 33.3 Å². The van der Waals surface area contributed by atoms with Crippen molar-refractivity contribution in [1.82, 2.24) is 9.97 Å². The summed E-state index contributed by atoms with van der Waals surface area (Å²) < 4.78 is 0.932. The van der Waals surface area contributed by atoms with Gasteiger partial charge in [-0.05, 0) is 47.3 Å². The Balaban J connectivity index is 2.59. The van der Waals surface area contributed by atoms with Gasteiger partial charge in [0.05, 0.1) is 10.2 Å². The lowest BCUT2D eigenvalue weighted by atomic mass is 10.1. The molecule has 21 heavy (non-hydrogen) atoms. The van der Waals surface area contributed by atoms with Gasteiger partial charge in [-0.1, -0.05) is 37.6 Å². The van der Waals surface area contributed by atoms with Crippen LogP contribution in [0.1, 0.15) is 37.9 Å². The van der Waals surface area contributed by atoms with Crippen molar-refractivity contribution in [2.75, 3.05) is 11.9 Å². The molecule has 1 heterocycles. The van der Waals surface area contributed by atoms with E-state index in [1.165, 1.54) is 0 Å². The Morgan fingerprint density at radius 1 is 1.29 bits per heavy atom. The standard InChI is InChI=1S/C16H19BrClN3/c1-5-19-16-13(17)14(9(2)3)20-15(21-16)11-7-6-10(4)12(18)8-11/h6-9H,5H2,1-4H3,(H,19,20,21). The van der Waals surface area contributed by atoms with Crippen molar-refractivity contribution in [2.45, 2.75) is 33.6 Å². The fourth-order valence-corrected chi connectivity index (χ4v) is 2.95. The number of anilines is 1. The second-order valence-electron chi connectivity index (χ2n) is 5.24. The molecule has 3 nitrogen and oxygen atoms in total. The van der Waals surface area contributed by atoms with E-state index in [0.717, 1.165) is 38.7 Å². The number of aryl methyl sites for hydroxylation is 1. The molecule has 0 atom stereocenters. The van der Waals surface area contributed by atoms with Crippen LogP contribution in [-0.4, -0.2) is 16.5 Å². The molecule has 1 N–H and O–H groups in total. The lowest BCUT2D eigenvalue weighted by molar-refractivity contribution is 0.809. The summed E-state index contributed by atoms with van der Waals surface area (Å²) in [6.45, 7) is 9.08. The Bertz CT molecular complexity index is 656. The Morgan fingerprint density at radius 2 is 2.00 bits per heavy atom. The number of rotatable bonds is 4. The van der Waals surface area contributed by atoms with Gasteiger partial charge in [0, 0.05) is 17.1 Å². The van der Waals surface area contributed by atoms with E-state index < -0.39 is 0 Å². The molecule has 112 valence electrons. The van der Waals surface area contributed by atoms with Crippen LogP contribution in [0, 0.1) is 6.92 Å². The lowest BCUT2D eigenvalue weighted by Crippen LogP contribution is -2.07. The number of aromatic nitrogens is 2. The average Bonchev–Trinajstić information content (AvgIpc) is 2.44. The van der Waals surface area contributed by atoms with E-state index in [-0.39, 0.29) is 0 Å². The van der Waals surface area contributed by atoms with Crippen molar-refractivity contribution in [3.63, 3.8) is 0 Å². The molecule has 1 aromatic heterocycles. The van der Waals surface area contributed by atoms with E-state index >= 15 is 0 Å². The average molecular weight is 369 g/mol. The van der Waals surface area contributed by atoms with Crippen molar-refractivity contribution in [3.8, 4) is 11.4 Å². The van der Waals surface area contributed by atoms with Crippen molar-refractivity contribution in [3.05, 3.63) is 39.0 Å². The summed E-state index contributed by atoms with van der Waals surface area (Å²) in [6, 6.07) is 5.91. The molecule has 2 rings (SSSR count). The minimum absolute atomic E-state index is 0.305. The molecule has 0 aliphatic heterocycles. The largest absolute Gasteiger partial charge is 0.369 e. The summed E-state index contributed by atoms with van der Waals surface area (Å²) in [7, 11) is 0. The monoisotopic (exact) mass is 367 g/mol. The highest BCUT2D eigenvalue weighted by Gasteiger charge is 2.16. The van der Waals surface area contributed by atoms with Gasteiger partial charge in [0.25, 0.3) is 0 Å². The van der Waals surface area contributed by atoms with Gasteiger partial charge in [0.15, 0.2) is 5.82 Å². The molecule has 0 fully saturated rings. The van der Waals surface area contributed by atoms with Gasteiger partial charge >= 0.3 is 0 Å². The van der Waals surface area contributed by atoms with E-state index in [0.29, 0.717) is 11.7 Å². The molecule has 0 bridgehead atoms. The van der Waals surface area contributed by atoms with E-state index in [2.05, 4.69) is 40.1 Å². The molecule has 0 saturated heterocycles. The highest BCUT2D eigenvalue weighted by molar-refractivity contribution is 9.10. The molecule has 0 aliphatic rings. The topological polar surface area (TPSA) is 37.8 Å². The zero-order valence-corrected chi connectivity index (χ0v) is 15.0. The number of halogens is 2. The highest BCUT2D eigenvalue weighted by Crippen LogP contribution is 2.32. The van der Waals surface area contributed by atoms with Gasteiger partial charge in [0.2, 0.25) is 0 Å². The van der Waals surface area contributed by atoms with Gasteiger partial charge < -0.3 is 5.32 Å². The zero-order chi connectivity index (χ0) is 15.6. The van der Waals surface area contributed by atoms with Crippen molar-refractivity contribution in [2.24, 2.45) is 0 Å². The summed E-state index contributed by atoms with van der Waals surface area (Å²) >= 11 is 9.82. The predicted molar refractivity (Wildman–Crippen MR) is 93.2 cm³/mol. The Morgan fingerprint density at radius 3 is 2.57 bits per heavy atom. The number of hydrogen-bond acceptors (Lipinski definition) is 3. The summed E-state index contributed by atoms with van der Waals surface area (Å²) in [5.41, 5.74) is 2.97. The maximum atomic E-state index is 6.22. The maximum absolute atomic E-state index is 6.22. The second-order valence-corrected chi connectivity index (χ2v) is 6.44. The third kappa shape index (κ3) is 3.55. The van der Waals surface area contributed by atoms with E-state index in [1.807, 2.05) is 32.0 Å². The normalized spacial score (nSPS) is 11.0. The Labute approximate surface area is 139 Å². The Kier molecular flexibility index (Phi) is 5.22. The van der Waals surface area contributed by atoms with Gasteiger partial charge in [-0.2, -0.15) is 0 Å². The van der Waals surface area contributed by atoms with Crippen LogP contribution in [-0.2, 0) is 0 Å². The van der Waals surface area contributed by atoms with Crippen LogP contribution in [0.4, 0.5) is 5.82 Å².